The number of carbonyl (C=O) groups is 2. The average molecular weight is 341 g/mol. The zero-order valence-electron chi connectivity index (χ0n) is 13.6. The van der Waals surface area contributed by atoms with Gasteiger partial charge in [-0.2, -0.15) is 5.10 Å². The number of carbonyl (C=O) groups excluding carboxylic acids is 2. The molecular formula is C18H17N2O5-. The Morgan fingerprint density at radius 3 is 2.52 bits per heavy atom. The van der Waals surface area contributed by atoms with E-state index in [0.29, 0.717) is 29.2 Å². The van der Waals surface area contributed by atoms with Crippen molar-refractivity contribution in [1.29, 1.82) is 0 Å². The van der Waals surface area contributed by atoms with E-state index in [1.54, 1.807) is 48.5 Å². The van der Waals surface area contributed by atoms with Crippen LogP contribution in [-0.2, 0) is 4.79 Å². The molecule has 2 rings (SSSR count). The monoisotopic (exact) mass is 341 g/mol. The van der Waals surface area contributed by atoms with Crippen molar-refractivity contribution in [1.82, 2.24) is 5.43 Å². The third kappa shape index (κ3) is 5.65. The summed E-state index contributed by atoms with van der Waals surface area (Å²) in [5.74, 6) is -0.699. The molecule has 0 aromatic heterocycles. The Morgan fingerprint density at radius 1 is 1.12 bits per heavy atom. The summed E-state index contributed by atoms with van der Waals surface area (Å²) in [6, 6.07) is 13.4. The van der Waals surface area contributed by atoms with Gasteiger partial charge in [-0.05, 0) is 43.3 Å². The molecule has 0 unspecified atom stereocenters. The van der Waals surface area contributed by atoms with Gasteiger partial charge in [0.15, 0.2) is 0 Å². The van der Waals surface area contributed by atoms with Crippen molar-refractivity contribution in [3.63, 3.8) is 0 Å². The van der Waals surface area contributed by atoms with Crippen LogP contribution in [0.1, 0.15) is 22.8 Å². The first-order valence-corrected chi connectivity index (χ1v) is 7.58. The van der Waals surface area contributed by atoms with E-state index in [1.807, 2.05) is 6.92 Å². The largest absolute Gasteiger partial charge is 0.546 e. The maximum atomic E-state index is 12.0. The molecule has 7 heteroatoms. The van der Waals surface area contributed by atoms with E-state index < -0.39 is 12.6 Å². The van der Waals surface area contributed by atoms with E-state index in [0.717, 1.165) is 0 Å². The number of hydrogen-bond acceptors (Lipinski definition) is 6. The summed E-state index contributed by atoms with van der Waals surface area (Å²) in [5, 5.41) is 14.3. The SMILES string of the molecule is CCOc1ccc(C(=O)N/N=C\c2ccccc2OCC(=O)[O-])cc1. The van der Waals surface area contributed by atoms with Crippen LogP contribution < -0.4 is 20.0 Å². The minimum atomic E-state index is -1.32. The summed E-state index contributed by atoms with van der Waals surface area (Å²) >= 11 is 0. The predicted octanol–water partition coefficient (Wildman–Crippen LogP) is 0.978. The molecule has 0 heterocycles. The normalized spacial score (nSPS) is 10.4. The molecular weight excluding hydrogens is 324 g/mol. The zero-order chi connectivity index (χ0) is 18.1. The van der Waals surface area contributed by atoms with Gasteiger partial charge >= 0.3 is 0 Å². The molecule has 0 aliphatic heterocycles. The number of benzene rings is 2. The van der Waals surface area contributed by atoms with Crippen molar-refractivity contribution in [3.8, 4) is 11.5 Å². The highest BCUT2D eigenvalue weighted by Gasteiger charge is 2.05. The first-order valence-electron chi connectivity index (χ1n) is 7.58. The van der Waals surface area contributed by atoms with Gasteiger partial charge in [0.2, 0.25) is 0 Å². The van der Waals surface area contributed by atoms with Crippen molar-refractivity contribution in [2.45, 2.75) is 6.92 Å². The number of hydrazone groups is 1. The molecule has 25 heavy (non-hydrogen) atoms. The van der Waals surface area contributed by atoms with Gasteiger partial charge in [-0.1, -0.05) is 12.1 Å². The Kier molecular flexibility index (Phi) is 6.53. The Morgan fingerprint density at radius 2 is 1.84 bits per heavy atom. The highest BCUT2D eigenvalue weighted by Crippen LogP contribution is 2.15. The number of rotatable bonds is 8. The van der Waals surface area contributed by atoms with Crippen LogP contribution >= 0.6 is 0 Å². The van der Waals surface area contributed by atoms with Crippen LogP contribution in [0.25, 0.3) is 0 Å². The minimum Gasteiger partial charge on any atom is -0.546 e. The smallest absolute Gasteiger partial charge is 0.271 e. The highest BCUT2D eigenvalue weighted by molar-refractivity contribution is 5.95. The van der Waals surface area contributed by atoms with Crippen LogP contribution in [0.4, 0.5) is 0 Å². The summed E-state index contributed by atoms with van der Waals surface area (Å²) < 4.78 is 10.4. The van der Waals surface area contributed by atoms with E-state index in [1.165, 1.54) is 6.21 Å². The fraction of sp³-hybridized carbons (Fsp3) is 0.167. The number of nitrogens with zero attached hydrogens (tertiary/aromatic N) is 1. The maximum absolute atomic E-state index is 12.0. The molecule has 0 bridgehead atoms. The molecule has 1 amide bonds. The molecule has 0 atom stereocenters. The third-order valence-electron chi connectivity index (χ3n) is 3.06. The Hall–Kier alpha value is -3.35. The fourth-order valence-electron chi connectivity index (χ4n) is 1.95. The lowest BCUT2D eigenvalue weighted by atomic mass is 10.2. The van der Waals surface area contributed by atoms with Crippen molar-refractivity contribution in [2.75, 3.05) is 13.2 Å². The second-order valence-corrected chi connectivity index (χ2v) is 4.86. The molecule has 130 valence electrons. The van der Waals surface area contributed by atoms with Gasteiger partial charge in [-0.15, -0.1) is 0 Å². The minimum absolute atomic E-state index is 0.325. The molecule has 0 saturated carbocycles. The van der Waals surface area contributed by atoms with E-state index >= 15 is 0 Å². The second kappa shape index (κ2) is 9.07. The number of ether oxygens (including phenoxy) is 2. The van der Waals surface area contributed by atoms with E-state index in [2.05, 4.69) is 10.5 Å². The van der Waals surface area contributed by atoms with Gasteiger partial charge in [0.05, 0.1) is 18.8 Å². The number of amides is 1. The lowest BCUT2D eigenvalue weighted by Gasteiger charge is -2.09. The van der Waals surface area contributed by atoms with Crippen LogP contribution in [0.15, 0.2) is 53.6 Å². The molecule has 1 N–H and O–H groups in total. The number of para-hydroxylation sites is 1. The number of carboxylic acids is 1. The van der Waals surface area contributed by atoms with Crippen LogP contribution in [0, 0.1) is 0 Å². The van der Waals surface area contributed by atoms with Crippen LogP contribution in [0.3, 0.4) is 0 Å². The molecule has 0 saturated heterocycles. The molecule has 0 aliphatic carbocycles. The molecule has 2 aromatic carbocycles. The van der Waals surface area contributed by atoms with Crippen LogP contribution in [-0.4, -0.2) is 31.3 Å². The van der Waals surface area contributed by atoms with Gasteiger partial charge in [-0.25, -0.2) is 5.43 Å². The van der Waals surface area contributed by atoms with E-state index in [9.17, 15) is 14.7 Å². The van der Waals surface area contributed by atoms with Gasteiger partial charge in [0.1, 0.15) is 18.1 Å². The summed E-state index contributed by atoms with van der Waals surface area (Å²) in [4.78, 5) is 22.5. The lowest BCUT2D eigenvalue weighted by molar-refractivity contribution is -0.307. The van der Waals surface area contributed by atoms with Gasteiger partial charge < -0.3 is 19.4 Å². The van der Waals surface area contributed by atoms with Gasteiger partial charge in [0.25, 0.3) is 5.91 Å². The summed E-state index contributed by atoms with van der Waals surface area (Å²) in [6.45, 7) is 1.86. The zero-order valence-corrected chi connectivity index (χ0v) is 13.6. The highest BCUT2D eigenvalue weighted by atomic mass is 16.5. The van der Waals surface area contributed by atoms with E-state index in [-0.39, 0.29) is 5.91 Å². The molecule has 0 fully saturated rings. The summed E-state index contributed by atoms with van der Waals surface area (Å²) in [5.41, 5.74) is 3.35. The molecule has 2 aromatic rings. The molecule has 7 nitrogen and oxygen atoms in total. The maximum Gasteiger partial charge on any atom is 0.271 e. The standard InChI is InChI=1S/C18H18N2O5/c1-2-24-15-9-7-13(8-10-15)18(23)20-19-11-14-5-3-4-6-16(14)25-12-17(21)22/h3-11H,2,12H2,1H3,(H,20,23)(H,21,22)/p-1/b19-11-. The van der Waals surface area contributed by atoms with Crippen molar-refractivity contribution in [3.05, 3.63) is 59.7 Å². The van der Waals surface area contributed by atoms with Crippen LogP contribution in [0.5, 0.6) is 11.5 Å². The molecule has 0 aliphatic rings. The number of nitrogens with one attached hydrogen (secondary N) is 1. The fourth-order valence-corrected chi connectivity index (χ4v) is 1.95. The van der Waals surface area contributed by atoms with Crippen molar-refractivity contribution < 1.29 is 24.2 Å². The predicted molar refractivity (Wildman–Crippen MR) is 89.6 cm³/mol. The quantitative estimate of drug-likeness (QED) is 0.570. The second-order valence-electron chi connectivity index (χ2n) is 4.86. The number of carboxylic acid groups (broad SMARTS) is 1. The summed E-state index contributed by atoms with van der Waals surface area (Å²) in [6.07, 6.45) is 1.37. The average Bonchev–Trinajstić information content (AvgIpc) is 2.61. The Labute approximate surface area is 144 Å². The molecule has 0 radical (unpaired) electrons. The van der Waals surface area contributed by atoms with E-state index in [4.69, 9.17) is 9.47 Å². The number of aliphatic carboxylic acids is 1. The van der Waals surface area contributed by atoms with Gasteiger partial charge in [-0.3, -0.25) is 4.79 Å². The molecule has 0 spiro atoms. The topological polar surface area (TPSA) is 100 Å². The van der Waals surface area contributed by atoms with Gasteiger partial charge in [0, 0.05) is 11.1 Å². The van der Waals surface area contributed by atoms with Crippen molar-refractivity contribution >= 4 is 18.1 Å². The number of hydrogen-bond donors (Lipinski definition) is 1. The first kappa shape index (κ1) is 18.0. The Bertz CT molecular complexity index is 756. The lowest BCUT2D eigenvalue weighted by Crippen LogP contribution is -2.29. The first-order chi connectivity index (χ1) is 12.1. The summed E-state index contributed by atoms with van der Waals surface area (Å²) in [7, 11) is 0. The Balaban J connectivity index is 1.98. The van der Waals surface area contributed by atoms with Crippen molar-refractivity contribution in [2.24, 2.45) is 5.10 Å². The third-order valence-corrected chi connectivity index (χ3v) is 3.06. The van der Waals surface area contributed by atoms with Crippen LogP contribution in [0.2, 0.25) is 0 Å².